The first-order chi connectivity index (χ1) is 16.7. The second kappa shape index (κ2) is 10.2. The molecule has 9 heteroatoms. The van der Waals surface area contributed by atoms with Gasteiger partial charge in [0.1, 0.15) is 5.01 Å². The van der Waals surface area contributed by atoms with Crippen molar-refractivity contribution in [1.82, 2.24) is 30.4 Å². The fourth-order valence-corrected chi connectivity index (χ4v) is 5.24. The molecule has 0 radical (unpaired) electrons. The van der Waals surface area contributed by atoms with E-state index in [0.717, 1.165) is 59.4 Å². The number of benzene rings is 2. The highest BCUT2D eigenvalue weighted by Crippen LogP contribution is 2.30. The van der Waals surface area contributed by atoms with E-state index < -0.39 is 0 Å². The van der Waals surface area contributed by atoms with Crippen molar-refractivity contribution >= 4 is 17.2 Å². The topological polar surface area (TPSA) is 102 Å². The molecule has 1 amide bonds. The second-order valence-corrected chi connectivity index (χ2v) is 9.61. The van der Waals surface area contributed by atoms with Crippen LogP contribution in [0.4, 0.5) is 0 Å². The van der Waals surface area contributed by atoms with E-state index in [1.54, 1.807) is 0 Å². The van der Waals surface area contributed by atoms with Crippen molar-refractivity contribution in [3.05, 3.63) is 63.9 Å². The number of tetrazole rings is 1. The lowest BCUT2D eigenvalue weighted by atomic mass is 9.89. The Morgan fingerprint density at radius 3 is 2.56 bits per heavy atom. The Hall–Kier alpha value is -3.46. The highest BCUT2D eigenvalue weighted by molar-refractivity contribution is 7.08. The molecular weight excluding hydrogens is 446 g/mol. The number of aryl methyl sites for hydroxylation is 1. The molecule has 0 spiro atoms. The molecule has 1 fully saturated rings. The molecule has 8 nitrogen and oxygen atoms in total. The number of hydrogen-bond donors (Lipinski definition) is 1. The molecule has 34 heavy (non-hydrogen) atoms. The summed E-state index contributed by atoms with van der Waals surface area (Å²) in [5, 5.41) is 20.0. The van der Waals surface area contributed by atoms with Crippen molar-refractivity contribution in [2.45, 2.75) is 52.0 Å². The Kier molecular flexibility index (Phi) is 6.71. The molecule has 174 valence electrons. The van der Waals surface area contributed by atoms with Crippen LogP contribution in [-0.4, -0.2) is 36.3 Å². The lowest BCUT2D eigenvalue weighted by Gasteiger charge is -2.17. The van der Waals surface area contributed by atoms with E-state index in [1.165, 1.54) is 17.8 Å². The molecule has 0 aliphatic heterocycles. The van der Waals surface area contributed by atoms with E-state index in [1.807, 2.05) is 22.9 Å². The molecule has 1 aliphatic rings. The summed E-state index contributed by atoms with van der Waals surface area (Å²) in [5.74, 6) is 0.709. The Balaban J connectivity index is 1.40. The summed E-state index contributed by atoms with van der Waals surface area (Å²) in [6, 6.07) is 16.4. The van der Waals surface area contributed by atoms with E-state index in [2.05, 4.69) is 62.9 Å². The fourth-order valence-electron chi connectivity index (χ4n) is 4.39. The average Bonchev–Trinajstić information content (AvgIpc) is 3.56. The summed E-state index contributed by atoms with van der Waals surface area (Å²) in [7, 11) is 0. The summed E-state index contributed by atoms with van der Waals surface area (Å²) >= 11 is 1.51. The quantitative estimate of drug-likeness (QED) is 0.447. The second-order valence-electron chi connectivity index (χ2n) is 8.57. The number of amides is 1. The number of nitrogens with zero attached hydrogens (tertiary/aromatic N) is 6. The van der Waals surface area contributed by atoms with Crippen molar-refractivity contribution in [1.29, 1.82) is 0 Å². The lowest BCUT2D eigenvalue weighted by molar-refractivity contribution is -0.122. The van der Waals surface area contributed by atoms with Gasteiger partial charge in [0.05, 0.1) is 6.54 Å². The molecule has 0 saturated heterocycles. The standard InChI is InChI=1S/C25H27N7OS/c1-2-22-29-32(25(34-22)26-24(33)19-8-4-3-5-9-19)16-17-12-14-18(15-13-17)20-10-6-7-11-21(20)23-27-30-31-28-23/h6-7,10-15,19H,2-5,8-9,16H2,1H3,(H,27,28,30,31). The third-order valence-corrected chi connectivity index (χ3v) is 7.34. The number of rotatable bonds is 6. The molecule has 1 aliphatic carbocycles. The number of nitrogens with one attached hydrogen (secondary N) is 1. The highest BCUT2D eigenvalue weighted by Gasteiger charge is 2.21. The van der Waals surface area contributed by atoms with Gasteiger partial charge in [-0.15, -0.1) is 5.10 Å². The van der Waals surface area contributed by atoms with E-state index >= 15 is 0 Å². The van der Waals surface area contributed by atoms with Gasteiger partial charge in [0, 0.05) is 11.5 Å². The van der Waals surface area contributed by atoms with Crippen molar-refractivity contribution in [2.75, 3.05) is 0 Å². The predicted molar refractivity (Wildman–Crippen MR) is 131 cm³/mol. The van der Waals surface area contributed by atoms with Gasteiger partial charge in [-0.1, -0.05) is 86.1 Å². The minimum atomic E-state index is 0.00798. The van der Waals surface area contributed by atoms with Gasteiger partial charge in [0.2, 0.25) is 4.80 Å². The van der Waals surface area contributed by atoms with E-state index in [-0.39, 0.29) is 11.8 Å². The molecule has 2 heterocycles. The number of H-pyrrole nitrogens is 1. The van der Waals surface area contributed by atoms with Crippen LogP contribution in [0.1, 0.15) is 49.6 Å². The minimum Gasteiger partial charge on any atom is -0.272 e. The van der Waals surface area contributed by atoms with Crippen molar-refractivity contribution < 1.29 is 4.79 Å². The molecule has 5 rings (SSSR count). The van der Waals surface area contributed by atoms with Crippen LogP contribution in [0.25, 0.3) is 22.5 Å². The number of carbonyl (C=O) groups is 1. The lowest BCUT2D eigenvalue weighted by Crippen LogP contribution is -2.23. The Labute approximate surface area is 201 Å². The first kappa shape index (κ1) is 22.3. The molecule has 4 aromatic rings. The van der Waals surface area contributed by atoms with Gasteiger partial charge in [0.25, 0.3) is 5.91 Å². The molecular formula is C25H27N7OS. The number of aromatic nitrogens is 6. The summed E-state index contributed by atoms with van der Waals surface area (Å²) < 4.78 is 1.87. The van der Waals surface area contributed by atoms with E-state index in [0.29, 0.717) is 17.2 Å². The van der Waals surface area contributed by atoms with Gasteiger partial charge in [-0.05, 0) is 46.4 Å². The Morgan fingerprint density at radius 2 is 1.85 bits per heavy atom. The SMILES string of the molecule is CCc1nn(Cc2ccc(-c3ccccc3-c3nnn[nH]3)cc2)c(=NC(=O)C2CCCCC2)s1. The molecule has 1 saturated carbocycles. The predicted octanol–water partition coefficient (Wildman–Crippen LogP) is 4.41. The smallest absolute Gasteiger partial charge is 0.251 e. The maximum Gasteiger partial charge on any atom is 0.251 e. The van der Waals surface area contributed by atoms with Crippen LogP contribution >= 0.6 is 11.3 Å². The molecule has 1 N–H and O–H groups in total. The fraction of sp³-hybridized carbons (Fsp3) is 0.360. The third kappa shape index (κ3) is 4.89. The minimum absolute atomic E-state index is 0.00798. The van der Waals surface area contributed by atoms with Crippen molar-refractivity contribution in [3.63, 3.8) is 0 Å². The van der Waals surface area contributed by atoms with E-state index in [4.69, 9.17) is 5.10 Å². The molecule has 2 aromatic carbocycles. The molecule has 2 aromatic heterocycles. The zero-order chi connectivity index (χ0) is 23.3. The van der Waals surface area contributed by atoms with Gasteiger partial charge in [0.15, 0.2) is 5.82 Å². The Morgan fingerprint density at radius 1 is 1.09 bits per heavy atom. The summed E-state index contributed by atoms with van der Waals surface area (Å²) in [6.45, 7) is 2.65. The highest BCUT2D eigenvalue weighted by atomic mass is 32.1. The van der Waals surface area contributed by atoms with E-state index in [9.17, 15) is 4.79 Å². The summed E-state index contributed by atoms with van der Waals surface area (Å²) in [4.78, 5) is 18.0. The van der Waals surface area contributed by atoms with Gasteiger partial charge in [-0.25, -0.2) is 9.78 Å². The van der Waals surface area contributed by atoms with Crippen LogP contribution in [-0.2, 0) is 17.8 Å². The zero-order valence-electron chi connectivity index (χ0n) is 19.1. The normalized spacial score (nSPS) is 15.0. The largest absolute Gasteiger partial charge is 0.272 e. The van der Waals surface area contributed by atoms with Crippen molar-refractivity contribution in [3.8, 4) is 22.5 Å². The number of carbonyl (C=O) groups excluding carboxylic acids is 1. The monoisotopic (exact) mass is 473 g/mol. The van der Waals surface area contributed by atoms with Gasteiger partial charge >= 0.3 is 0 Å². The first-order valence-corrected chi connectivity index (χ1v) is 12.6. The average molecular weight is 474 g/mol. The number of aromatic amines is 1. The Bertz CT molecular complexity index is 1320. The van der Waals surface area contributed by atoms with Crippen molar-refractivity contribution in [2.24, 2.45) is 10.9 Å². The molecule has 0 atom stereocenters. The van der Waals surface area contributed by atoms with Crippen LogP contribution in [0, 0.1) is 5.92 Å². The molecule has 0 bridgehead atoms. The van der Waals surface area contributed by atoms with Crippen LogP contribution in [0.15, 0.2) is 53.5 Å². The van der Waals surface area contributed by atoms with Gasteiger partial charge < -0.3 is 0 Å². The van der Waals surface area contributed by atoms with Gasteiger partial charge in [-0.2, -0.15) is 10.1 Å². The first-order valence-electron chi connectivity index (χ1n) is 11.8. The summed E-state index contributed by atoms with van der Waals surface area (Å²) in [5.41, 5.74) is 4.17. The zero-order valence-corrected chi connectivity index (χ0v) is 20.0. The van der Waals surface area contributed by atoms with Gasteiger partial charge in [-0.3, -0.25) is 4.79 Å². The van der Waals surface area contributed by atoms with Crippen LogP contribution in [0.2, 0.25) is 0 Å². The molecule has 0 unspecified atom stereocenters. The van der Waals surface area contributed by atoms with Crippen LogP contribution < -0.4 is 4.80 Å². The third-order valence-electron chi connectivity index (χ3n) is 6.25. The maximum atomic E-state index is 12.8. The van der Waals surface area contributed by atoms with Crippen LogP contribution in [0.3, 0.4) is 0 Å². The maximum absolute atomic E-state index is 12.8. The van der Waals surface area contributed by atoms with Crippen LogP contribution in [0.5, 0.6) is 0 Å². The number of hydrogen-bond acceptors (Lipinski definition) is 6. The summed E-state index contributed by atoms with van der Waals surface area (Å²) in [6.07, 6.45) is 6.20.